The van der Waals surface area contributed by atoms with Gasteiger partial charge >= 0.3 is 0 Å². The fraction of sp³-hybridized carbons (Fsp3) is 0.929. The van der Waals surface area contributed by atoms with Crippen LogP contribution in [0.5, 0.6) is 0 Å². The van der Waals surface area contributed by atoms with Crippen molar-refractivity contribution < 1.29 is 17.9 Å². The molecule has 10 heteroatoms. The van der Waals surface area contributed by atoms with Gasteiger partial charge in [-0.1, -0.05) is 13.8 Å². The van der Waals surface area contributed by atoms with Crippen LogP contribution >= 0.6 is 12.4 Å². The van der Waals surface area contributed by atoms with E-state index in [4.69, 9.17) is 15.6 Å². The average molecular weight is 383 g/mol. The van der Waals surface area contributed by atoms with Crippen molar-refractivity contribution in [1.82, 2.24) is 9.21 Å². The summed E-state index contributed by atoms with van der Waals surface area (Å²) in [7, 11) is -3.70. The highest BCUT2D eigenvalue weighted by atomic mass is 35.5. The van der Waals surface area contributed by atoms with Crippen LogP contribution < -0.4 is 10.9 Å². The first kappa shape index (κ1) is 19.9. The summed E-state index contributed by atoms with van der Waals surface area (Å²) in [5.74, 6) is -0.0571. The molecule has 3 rings (SSSR count). The molecule has 1 aliphatic carbocycles. The summed E-state index contributed by atoms with van der Waals surface area (Å²) in [5, 5.41) is 5.14. The van der Waals surface area contributed by atoms with E-state index in [0.29, 0.717) is 13.1 Å². The van der Waals surface area contributed by atoms with Gasteiger partial charge in [0.25, 0.3) is 10.2 Å². The van der Waals surface area contributed by atoms with Gasteiger partial charge < -0.3 is 15.4 Å². The summed E-state index contributed by atoms with van der Waals surface area (Å²) < 4.78 is 29.8. The first-order valence-corrected chi connectivity index (χ1v) is 9.58. The largest absolute Gasteiger partial charge is 0.377 e. The molecule has 24 heavy (non-hydrogen) atoms. The molecule has 2 saturated heterocycles. The first-order valence-electron chi connectivity index (χ1n) is 8.08. The maximum atomic E-state index is 13.1. The number of piperazine rings is 1. The molecular weight excluding hydrogens is 356 g/mol. The summed E-state index contributed by atoms with van der Waals surface area (Å²) in [6, 6.07) is 0. The van der Waals surface area contributed by atoms with Crippen LogP contribution in [-0.4, -0.2) is 68.0 Å². The van der Waals surface area contributed by atoms with E-state index < -0.39 is 21.2 Å². The number of hydrogen-bond donors (Lipinski definition) is 2. The molecule has 0 bridgehead atoms. The van der Waals surface area contributed by atoms with E-state index in [1.807, 2.05) is 13.8 Å². The van der Waals surface area contributed by atoms with Crippen LogP contribution in [0.4, 0.5) is 0 Å². The molecule has 0 aromatic rings. The zero-order chi connectivity index (χ0) is 17.0. The number of fused-ring (bicyclic) bond motifs is 1. The Morgan fingerprint density at radius 3 is 2.33 bits per heavy atom. The quantitative estimate of drug-likeness (QED) is 0.653. The molecule has 140 valence electrons. The summed E-state index contributed by atoms with van der Waals surface area (Å²) in [6.07, 6.45) is 1.84. The maximum Gasteiger partial charge on any atom is 0.277 e. The van der Waals surface area contributed by atoms with Crippen LogP contribution in [0.15, 0.2) is 0 Å². The SMILES string of the molecule is CC1(C)C2OCCCC2C1(N)C(=O)N1CCN(S(N)(=O)=O)CC1.Cl. The van der Waals surface area contributed by atoms with Crippen molar-refractivity contribution in [2.24, 2.45) is 22.2 Å². The predicted molar refractivity (Wildman–Crippen MR) is 91.7 cm³/mol. The molecule has 2 heterocycles. The Kier molecular flexibility index (Phi) is 5.27. The van der Waals surface area contributed by atoms with Crippen LogP contribution in [-0.2, 0) is 19.7 Å². The number of ether oxygens (including phenoxy) is 1. The number of rotatable bonds is 2. The summed E-state index contributed by atoms with van der Waals surface area (Å²) in [5.41, 5.74) is 5.24. The molecular formula is C14H27ClN4O4S. The van der Waals surface area contributed by atoms with Gasteiger partial charge in [-0.05, 0) is 12.8 Å². The minimum Gasteiger partial charge on any atom is -0.377 e. The Morgan fingerprint density at radius 1 is 1.21 bits per heavy atom. The van der Waals surface area contributed by atoms with Gasteiger partial charge in [0.05, 0.1) is 6.10 Å². The fourth-order valence-corrected chi connectivity index (χ4v) is 5.09. The number of nitrogens with zero attached hydrogens (tertiary/aromatic N) is 2. The molecule has 0 radical (unpaired) electrons. The van der Waals surface area contributed by atoms with Crippen LogP contribution in [0.1, 0.15) is 26.7 Å². The summed E-state index contributed by atoms with van der Waals surface area (Å²) in [6.45, 7) is 5.76. The third-order valence-electron chi connectivity index (χ3n) is 5.92. The van der Waals surface area contributed by atoms with Crippen molar-refractivity contribution >= 4 is 28.5 Å². The number of hydrogen-bond acceptors (Lipinski definition) is 5. The van der Waals surface area contributed by atoms with Gasteiger partial charge in [-0.25, -0.2) is 5.14 Å². The maximum absolute atomic E-state index is 13.1. The van der Waals surface area contributed by atoms with E-state index in [0.717, 1.165) is 19.4 Å². The van der Waals surface area contributed by atoms with E-state index in [1.54, 1.807) is 4.90 Å². The normalized spacial score (nSPS) is 36.2. The molecule has 3 unspecified atom stereocenters. The number of halogens is 1. The van der Waals surface area contributed by atoms with E-state index in [2.05, 4.69) is 0 Å². The summed E-state index contributed by atoms with van der Waals surface area (Å²) >= 11 is 0. The number of amides is 1. The molecule has 1 amide bonds. The second-order valence-electron chi connectivity index (χ2n) is 7.37. The first-order chi connectivity index (χ1) is 10.6. The van der Waals surface area contributed by atoms with Crippen LogP contribution in [0.3, 0.4) is 0 Å². The van der Waals surface area contributed by atoms with Crippen molar-refractivity contribution in [3.63, 3.8) is 0 Å². The number of carbonyl (C=O) groups excluding carboxylic acids is 1. The lowest BCUT2D eigenvalue weighted by atomic mass is 9.46. The Morgan fingerprint density at radius 2 is 1.79 bits per heavy atom. The Balaban J connectivity index is 0.00000208. The molecule has 2 aliphatic heterocycles. The molecule has 0 aromatic heterocycles. The second kappa shape index (κ2) is 6.37. The van der Waals surface area contributed by atoms with E-state index in [-0.39, 0.29) is 43.4 Å². The standard InChI is InChI=1S/C14H26N4O4S.ClH/c1-13(2)11-10(4-3-9-22-11)14(13,15)12(19)17-5-7-18(8-6-17)23(16,20)21;/h10-11H,3-9,15H2,1-2H3,(H2,16,20,21);1H. The highest BCUT2D eigenvalue weighted by Crippen LogP contribution is 2.57. The minimum absolute atomic E-state index is 0. The average Bonchev–Trinajstić information content (AvgIpc) is 2.52. The highest BCUT2D eigenvalue weighted by Gasteiger charge is 2.70. The zero-order valence-corrected chi connectivity index (χ0v) is 15.7. The Hall–Kier alpha value is -0.450. The molecule has 0 spiro atoms. The van der Waals surface area contributed by atoms with Gasteiger partial charge in [0.15, 0.2) is 0 Å². The third-order valence-corrected chi connectivity index (χ3v) is 7.01. The second-order valence-corrected chi connectivity index (χ2v) is 8.91. The fourth-order valence-electron chi connectivity index (χ4n) is 4.42. The molecule has 4 N–H and O–H groups in total. The number of nitrogens with two attached hydrogens (primary N) is 2. The molecule has 3 aliphatic rings. The van der Waals surface area contributed by atoms with Gasteiger partial charge in [-0.15, -0.1) is 12.4 Å². The molecule has 3 atom stereocenters. The molecule has 8 nitrogen and oxygen atoms in total. The van der Waals surface area contributed by atoms with Crippen LogP contribution in [0.25, 0.3) is 0 Å². The molecule has 0 aromatic carbocycles. The van der Waals surface area contributed by atoms with Gasteiger partial charge in [-0.3, -0.25) is 4.79 Å². The van der Waals surface area contributed by atoms with Crippen molar-refractivity contribution in [2.45, 2.75) is 38.3 Å². The Bertz CT molecular complexity index is 606. The van der Waals surface area contributed by atoms with E-state index >= 15 is 0 Å². The van der Waals surface area contributed by atoms with Gasteiger partial charge in [-0.2, -0.15) is 12.7 Å². The van der Waals surface area contributed by atoms with Crippen LogP contribution in [0, 0.1) is 11.3 Å². The van der Waals surface area contributed by atoms with Crippen molar-refractivity contribution in [1.29, 1.82) is 0 Å². The van der Waals surface area contributed by atoms with Crippen LogP contribution in [0.2, 0.25) is 0 Å². The zero-order valence-electron chi connectivity index (χ0n) is 14.1. The van der Waals surface area contributed by atoms with Gasteiger partial charge in [0, 0.05) is 44.1 Å². The lowest BCUT2D eigenvalue weighted by Gasteiger charge is -2.66. The third kappa shape index (κ3) is 2.75. The van der Waals surface area contributed by atoms with E-state index in [1.165, 1.54) is 4.31 Å². The lowest BCUT2D eigenvalue weighted by Crippen LogP contribution is -2.82. The minimum atomic E-state index is -3.70. The Labute approximate surface area is 149 Å². The topological polar surface area (TPSA) is 119 Å². The van der Waals surface area contributed by atoms with Crippen molar-refractivity contribution in [2.75, 3.05) is 32.8 Å². The van der Waals surface area contributed by atoms with Gasteiger partial charge in [0.1, 0.15) is 5.54 Å². The lowest BCUT2D eigenvalue weighted by molar-refractivity contribution is -0.230. The number of carbonyl (C=O) groups is 1. The summed E-state index contributed by atoms with van der Waals surface area (Å²) in [4.78, 5) is 14.8. The predicted octanol–water partition coefficient (Wildman–Crippen LogP) is -0.712. The molecule has 3 fully saturated rings. The van der Waals surface area contributed by atoms with Crippen molar-refractivity contribution in [3.05, 3.63) is 0 Å². The van der Waals surface area contributed by atoms with E-state index in [9.17, 15) is 13.2 Å². The molecule has 1 saturated carbocycles. The highest BCUT2D eigenvalue weighted by molar-refractivity contribution is 7.86. The van der Waals surface area contributed by atoms with Crippen molar-refractivity contribution in [3.8, 4) is 0 Å². The van der Waals surface area contributed by atoms with Gasteiger partial charge in [0.2, 0.25) is 5.91 Å². The smallest absolute Gasteiger partial charge is 0.277 e. The monoisotopic (exact) mass is 382 g/mol.